The van der Waals surface area contributed by atoms with Crippen molar-refractivity contribution in [2.24, 2.45) is 0 Å². The average Bonchev–Trinajstić information content (AvgIpc) is 3.02. The first-order valence-electron chi connectivity index (χ1n) is 8.69. The zero-order chi connectivity index (χ0) is 21.1. The normalized spacial score (nSPS) is 14.7. The highest BCUT2D eigenvalue weighted by atomic mass is 19.1. The Morgan fingerprint density at radius 2 is 1.66 bits per heavy atom. The Morgan fingerprint density at radius 3 is 2.24 bits per heavy atom. The molecule has 1 N–H and O–H groups in total. The third kappa shape index (κ3) is 4.45. The Morgan fingerprint density at radius 1 is 1.03 bits per heavy atom. The number of carbonyl (C=O) groups excluding carboxylic acids is 4. The van der Waals surface area contributed by atoms with Gasteiger partial charge < -0.3 is 10.1 Å². The second-order valence-electron chi connectivity index (χ2n) is 6.33. The lowest BCUT2D eigenvalue weighted by molar-refractivity contribution is -0.124. The van der Waals surface area contributed by atoms with E-state index in [4.69, 9.17) is 4.74 Å². The molecule has 9 heteroatoms. The number of hydrogen-bond donors (Lipinski definition) is 1. The quantitative estimate of drug-likeness (QED) is 0.613. The molecule has 3 rings (SSSR count). The molecule has 0 bridgehead atoms. The molecule has 0 spiro atoms. The Balaban J connectivity index is 1.62. The van der Waals surface area contributed by atoms with Gasteiger partial charge in [-0.25, -0.2) is 13.6 Å². The Labute approximate surface area is 164 Å². The highest BCUT2D eigenvalue weighted by Crippen LogP contribution is 2.23. The van der Waals surface area contributed by atoms with Crippen molar-refractivity contribution in [2.75, 3.05) is 10.2 Å². The molecule has 1 heterocycles. The topological polar surface area (TPSA) is 92.8 Å². The number of imide groups is 1. The van der Waals surface area contributed by atoms with Gasteiger partial charge in [-0.15, -0.1) is 0 Å². The molecule has 2 aromatic rings. The Kier molecular flexibility index (Phi) is 5.67. The molecule has 0 saturated carbocycles. The number of ether oxygens (including phenoxy) is 1. The maximum Gasteiger partial charge on any atom is 0.338 e. The summed E-state index contributed by atoms with van der Waals surface area (Å²) in [5.74, 6) is -4.00. The summed E-state index contributed by atoms with van der Waals surface area (Å²) in [5, 5.41) is 2.21. The monoisotopic (exact) mass is 402 g/mol. The van der Waals surface area contributed by atoms with Crippen molar-refractivity contribution in [1.29, 1.82) is 0 Å². The lowest BCUT2D eigenvalue weighted by Gasteiger charge is -2.15. The number of esters is 1. The van der Waals surface area contributed by atoms with Gasteiger partial charge in [-0.2, -0.15) is 0 Å². The molecule has 1 saturated heterocycles. The fraction of sp³-hybridized carbons (Fsp3) is 0.200. The van der Waals surface area contributed by atoms with Crippen molar-refractivity contribution in [3.8, 4) is 0 Å². The van der Waals surface area contributed by atoms with Crippen LogP contribution >= 0.6 is 0 Å². The highest BCUT2D eigenvalue weighted by Gasteiger charge is 2.30. The second-order valence-corrected chi connectivity index (χ2v) is 6.33. The largest absolute Gasteiger partial charge is 0.449 e. The van der Waals surface area contributed by atoms with Gasteiger partial charge in [0.1, 0.15) is 11.6 Å². The van der Waals surface area contributed by atoms with E-state index < -0.39 is 29.6 Å². The number of amides is 3. The van der Waals surface area contributed by atoms with Crippen LogP contribution < -0.4 is 10.2 Å². The van der Waals surface area contributed by atoms with Crippen molar-refractivity contribution in [1.82, 2.24) is 0 Å². The molecular weight excluding hydrogens is 386 g/mol. The van der Waals surface area contributed by atoms with E-state index in [0.717, 1.165) is 17.0 Å². The predicted octanol–water partition coefficient (Wildman–Crippen LogP) is 2.80. The molecule has 0 unspecified atom stereocenters. The van der Waals surface area contributed by atoms with Crippen LogP contribution in [-0.4, -0.2) is 29.8 Å². The molecule has 0 aliphatic carbocycles. The minimum Gasteiger partial charge on any atom is -0.449 e. The molecule has 1 aliphatic rings. The first-order chi connectivity index (χ1) is 13.8. The van der Waals surface area contributed by atoms with Crippen molar-refractivity contribution in [2.45, 2.75) is 25.9 Å². The van der Waals surface area contributed by atoms with Crippen LogP contribution in [0.3, 0.4) is 0 Å². The minimum atomic E-state index is -1.26. The Bertz CT molecular complexity index is 975. The minimum absolute atomic E-state index is 0.0976. The van der Waals surface area contributed by atoms with Gasteiger partial charge in [0.15, 0.2) is 6.10 Å². The summed E-state index contributed by atoms with van der Waals surface area (Å²) >= 11 is 0. The molecule has 0 radical (unpaired) electrons. The number of rotatable bonds is 5. The van der Waals surface area contributed by atoms with Gasteiger partial charge in [0.2, 0.25) is 11.8 Å². The molecule has 29 heavy (non-hydrogen) atoms. The van der Waals surface area contributed by atoms with Gasteiger partial charge in [-0.05, 0) is 43.3 Å². The fourth-order valence-electron chi connectivity index (χ4n) is 2.72. The molecule has 1 aliphatic heterocycles. The first kappa shape index (κ1) is 20.1. The number of halogens is 2. The van der Waals surface area contributed by atoms with Crippen molar-refractivity contribution in [3.63, 3.8) is 0 Å². The molecule has 1 atom stereocenters. The summed E-state index contributed by atoms with van der Waals surface area (Å²) in [4.78, 5) is 48.8. The van der Waals surface area contributed by atoms with Crippen molar-refractivity contribution < 1.29 is 32.7 Å². The second kappa shape index (κ2) is 8.17. The summed E-state index contributed by atoms with van der Waals surface area (Å²) in [6.45, 7) is 1.30. The number of anilines is 2. The first-order valence-corrected chi connectivity index (χ1v) is 8.69. The number of nitrogens with zero attached hydrogens (tertiary/aromatic N) is 1. The zero-order valence-electron chi connectivity index (χ0n) is 15.3. The molecule has 3 amide bonds. The maximum atomic E-state index is 13.6. The SMILES string of the molecule is C[C@H](OC(=O)c1ccc(N2C(=O)CCC2=O)cc1)C(=O)Nc1ccc(F)cc1F. The fourth-order valence-corrected chi connectivity index (χ4v) is 2.72. The smallest absolute Gasteiger partial charge is 0.338 e. The molecule has 1 fully saturated rings. The van der Waals surface area contributed by atoms with Crippen LogP contribution in [0.15, 0.2) is 42.5 Å². The van der Waals surface area contributed by atoms with Crippen LogP contribution in [-0.2, 0) is 19.1 Å². The van der Waals surface area contributed by atoms with Crippen LogP contribution in [0.4, 0.5) is 20.2 Å². The van der Waals surface area contributed by atoms with Crippen LogP contribution in [0.5, 0.6) is 0 Å². The van der Waals surface area contributed by atoms with E-state index in [-0.39, 0.29) is 35.9 Å². The van der Waals surface area contributed by atoms with Gasteiger partial charge in [0.25, 0.3) is 5.91 Å². The van der Waals surface area contributed by atoms with Crippen molar-refractivity contribution in [3.05, 3.63) is 59.7 Å². The van der Waals surface area contributed by atoms with E-state index >= 15 is 0 Å². The summed E-state index contributed by atoms with van der Waals surface area (Å²) in [7, 11) is 0. The van der Waals surface area contributed by atoms with Gasteiger partial charge in [0, 0.05) is 18.9 Å². The summed E-state index contributed by atoms with van der Waals surface area (Å²) in [6.07, 6.45) is -0.971. The molecular formula is C20H16F2N2O5. The van der Waals surface area contributed by atoms with Gasteiger partial charge in [-0.3, -0.25) is 19.3 Å². The average molecular weight is 402 g/mol. The molecule has 150 valence electrons. The predicted molar refractivity (Wildman–Crippen MR) is 98.0 cm³/mol. The van der Waals surface area contributed by atoms with E-state index in [0.29, 0.717) is 11.8 Å². The van der Waals surface area contributed by atoms with E-state index in [1.54, 1.807) is 0 Å². The van der Waals surface area contributed by atoms with Crippen LogP contribution in [0.1, 0.15) is 30.1 Å². The lowest BCUT2D eigenvalue weighted by atomic mass is 10.2. The van der Waals surface area contributed by atoms with Crippen LogP contribution in [0, 0.1) is 11.6 Å². The zero-order valence-corrected chi connectivity index (χ0v) is 15.3. The number of carbonyl (C=O) groups is 4. The van der Waals surface area contributed by atoms with Gasteiger partial charge >= 0.3 is 5.97 Å². The number of nitrogens with one attached hydrogen (secondary N) is 1. The third-order valence-electron chi connectivity index (χ3n) is 4.25. The maximum absolute atomic E-state index is 13.6. The van der Waals surface area contributed by atoms with E-state index in [1.807, 2.05) is 0 Å². The van der Waals surface area contributed by atoms with Gasteiger partial charge in [-0.1, -0.05) is 0 Å². The summed E-state index contributed by atoms with van der Waals surface area (Å²) in [6, 6.07) is 8.22. The highest BCUT2D eigenvalue weighted by molar-refractivity contribution is 6.19. The Hall–Kier alpha value is -3.62. The number of hydrogen-bond acceptors (Lipinski definition) is 5. The van der Waals surface area contributed by atoms with E-state index in [1.165, 1.54) is 31.2 Å². The van der Waals surface area contributed by atoms with E-state index in [9.17, 15) is 28.0 Å². The third-order valence-corrected chi connectivity index (χ3v) is 4.25. The number of benzene rings is 2. The van der Waals surface area contributed by atoms with Crippen LogP contribution in [0.25, 0.3) is 0 Å². The van der Waals surface area contributed by atoms with E-state index in [2.05, 4.69) is 5.32 Å². The summed E-state index contributed by atoms with van der Waals surface area (Å²) < 4.78 is 31.6. The van der Waals surface area contributed by atoms with Crippen LogP contribution in [0.2, 0.25) is 0 Å². The standard InChI is InChI=1S/C20H16F2N2O5/c1-11(19(27)23-16-7-4-13(21)10-15(16)22)29-20(28)12-2-5-14(6-3-12)24-17(25)8-9-18(24)26/h2-7,10-11H,8-9H2,1H3,(H,23,27)/t11-/m0/s1. The molecule has 2 aromatic carbocycles. The van der Waals surface area contributed by atoms with Crippen molar-refractivity contribution >= 4 is 35.1 Å². The summed E-state index contributed by atoms with van der Waals surface area (Å²) in [5.41, 5.74) is 0.190. The molecule has 7 nitrogen and oxygen atoms in total. The van der Waals surface area contributed by atoms with Gasteiger partial charge in [0.05, 0.1) is 16.9 Å². The molecule has 0 aromatic heterocycles. The lowest BCUT2D eigenvalue weighted by Crippen LogP contribution is -2.30.